The lowest BCUT2D eigenvalue weighted by Gasteiger charge is -2.10. The summed E-state index contributed by atoms with van der Waals surface area (Å²) in [6.07, 6.45) is 5.92. The SMILES string of the molecule is COc1cc(Cc2nc3ccnc(-c4ccc(F)cc4)n3n2)ccc1-n1cnc(C)c1. The number of halogens is 1. The molecule has 7 nitrogen and oxygen atoms in total. The van der Waals surface area contributed by atoms with E-state index in [-0.39, 0.29) is 5.82 Å². The minimum atomic E-state index is -0.293. The smallest absolute Gasteiger partial charge is 0.163 e. The molecular weight excluding hydrogens is 395 g/mol. The summed E-state index contributed by atoms with van der Waals surface area (Å²) in [5.74, 6) is 1.72. The second-order valence-corrected chi connectivity index (χ2v) is 7.18. The van der Waals surface area contributed by atoms with Crippen LogP contribution in [-0.4, -0.2) is 36.2 Å². The second-order valence-electron chi connectivity index (χ2n) is 7.18. The normalized spacial score (nSPS) is 11.2. The monoisotopic (exact) mass is 414 g/mol. The number of fused-ring (bicyclic) bond motifs is 1. The van der Waals surface area contributed by atoms with Gasteiger partial charge in [-0.05, 0) is 48.9 Å². The molecule has 0 atom stereocenters. The predicted octanol–water partition coefficient (Wildman–Crippen LogP) is 4.02. The highest BCUT2D eigenvalue weighted by molar-refractivity contribution is 5.58. The molecule has 0 unspecified atom stereocenters. The minimum Gasteiger partial charge on any atom is -0.495 e. The molecule has 3 heterocycles. The number of nitrogens with zero attached hydrogens (tertiary/aromatic N) is 6. The van der Waals surface area contributed by atoms with Crippen LogP contribution in [0.3, 0.4) is 0 Å². The summed E-state index contributed by atoms with van der Waals surface area (Å²) in [7, 11) is 1.65. The molecule has 0 N–H and O–H groups in total. The van der Waals surface area contributed by atoms with E-state index in [1.165, 1.54) is 12.1 Å². The number of aromatic nitrogens is 6. The highest BCUT2D eigenvalue weighted by Gasteiger charge is 2.13. The van der Waals surface area contributed by atoms with Gasteiger partial charge >= 0.3 is 0 Å². The Morgan fingerprint density at radius 2 is 1.87 bits per heavy atom. The summed E-state index contributed by atoms with van der Waals surface area (Å²) in [5.41, 5.74) is 4.32. The quantitative estimate of drug-likeness (QED) is 0.434. The molecule has 0 bridgehead atoms. The fraction of sp³-hybridized carbons (Fsp3) is 0.130. The zero-order valence-electron chi connectivity index (χ0n) is 17.0. The number of hydrogen-bond acceptors (Lipinski definition) is 5. The maximum atomic E-state index is 13.3. The molecule has 0 aliphatic carbocycles. The summed E-state index contributed by atoms with van der Waals surface area (Å²) >= 11 is 0. The molecule has 0 aliphatic rings. The molecule has 0 aliphatic heterocycles. The van der Waals surface area contributed by atoms with Crippen molar-refractivity contribution in [2.45, 2.75) is 13.3 Å². The van der Waals surface area contributed by atoms with E-state index in [9.17, 15) is 4.39 Å². The molecule has 5 rings (SSSR count). The highest BCUT2D eigenvalue weighted by Crippen LogP contribution is 2.26. The van der Waals surface area contributed by atoms with E-state index in [2.05, 4.69) is 20.1 Å². The van der Waals surface area contributed by atoms with Gasteiger partial charge in [-0.3, -0.25) is 0 Å². The molecule has 154 valence electrons. The third kappa shape index (κ3) is 3.63. The fourth-order valence-electron chi connectivity index (χ4n) is 3.51. The molecular formula is C23H19FN6O. The molecule has 0 amide bonds. The number of ether oxygens (including phenoxy) is 1. The van der Waals surface area contributed by atoms with Gasteiger partial charge in [-0.15, -0.1) is 5.10 Å². The van der Waals surface area contributed by atoms with Gasteiger partial charge in [-0.2, -0.15) is 4.52 Å². The van der Waals surface area contributed by atoms with Crippen LogP contribution >= 0.6 is 0 Å². The Kier molecular flexibility index (Phi) is 4.66. The second kappa shape index (κ2) is 7.64. The van der Waals surface area contributed by atoms with Gasteiger partial charge in [-0.1, -0.05) is 6.07 Å². The molecule has 0 saturated carbocycles. The first kappa shape index (κ1) is 18.9. The molecule has 0 saturated heterocycles. The van der Waals surface area contributed by atoms with Crippen LogP contribution in [0.2, 0.25) is 0 Å². The van der Waals surface area contributed by atoms with Gasteiger partial charge in [0, 0.05) is 30.4 Å². The van der Waals surface area contributed by atoms with Crippen molar-refractivity contribution >= 4 is 5.65 Å². The molecule has 3 aromatic heterocycles. The maximum Gasteiger partial charge on any atom is 0.163 e. The highest BCUT2D eigenvalue weighted by atomic mass is 19.1. The zero-order chi connectivity index (χ0) is 21.4. The maximum absolute atomic E-state index is 13.3. The van der Waals surface area contributed by atoms with Crippen LogP contribution in [0.4, 0.5) is 4.39 Å². The van der Waals surface area contributed by atoms with Crippen molar-refractivity contribution in [3.8, 4) is 22.8 Å². The number of aryl methyl sites for hydroxylation is 1. The van der Waals surface area contributed by atoms with Crippen LogP contribution in [0, 0.1) is 12.7 Å². The van der Waals surface area contributed by atoms with Crippen LogP contribution < -0.4 is 4.74 Å². The first-order valence-electron chi connectivity index (χ1n) is 9.75. The van der Waals surface area contributed by atoms with Crippen molar-refractivity contribution in [1.29, 1.82) is 0 Å². The molecule has 8 heteroatoms. The van der Waals surface area contributed by atoms with Crippen molar-refractivity contribution in [3.05, 3.63) is 90.2 Å². The van der Waals surface area contributed by atoms with E-state index >= 15 is 0 Å². The van der Waals surface area contributed by atoms with Crippen LogP contribution in [0.15, 0.2) is 67.3 Å². The van der Waals surface area contributed by atoms with Crippen LogP contribution in [-0.2, 0) is 6.42 Å². The number of rotatable bonds is 5. The average Bonchev–Trinajstić information content (AvgIpc) is 3.39. The average molecular weight is 414 g/mol. The third-order valence-corrected chi connectivity index (χ3v) is 5.00. The summed E-state index contributed by atoms with van der Waals surface area (Å²) in [6, 6.07) is 14.0. The third-order valence-electron chi connectivity index (χ3n) is 5.00. The largest absolute Gasteiger partial charge is 0.495 e. The first-order valence-corrected chi connectivity index (χ1v) is 9.75. The van der Waals surface area contributed by atoms with Gasteiger partial charge in [0.15, 0.2) is 17.3 Å². The van der Waals surface area contributed by atoms with Gasteiger partial charge in [0.1, 0.15) is 11.6 Å². The van der Waals surface area contributed by atoms with Gasteiger partial charge in [0.05, 0.1) is 24.8 Å². The zero-order valence-corrected chi connectivity index (χ0v) is 17.0. The lowest BCUT2D eigenvalue weighted by atomic mass is 10.1. The molecule has 5 aromatic rings. The molecule has 0 fully saturated rings. The Labute approximate surface area is 177 Å². The Morgan fingerprint density at radius 1 is 1.03 bits per heavy atom. The molecule has 2 aromatic carbocycles. The predicted molar refractivity (Wildman–Crippen MR) is 114 cm³/mol. The van der Waals surface area contributed by atoms with Crippen molar-refractivity contribution in [1.82, 2.24) is 29.1 Å². The van der Waals surface area contributed by atoms with E-state index in [0.29, 0.717) is 23.7 Å². The molecule has 0 spiro atoms. The van der Waals surface area contributed by atoms with E-state index in [1.807, 2.05) is 35.9 Å². The molecule has 31 heavy (non-hydrogen) atoms. The lowest BCUT2D eigenvalue weighted by molar-refractivity contribution is 0.412. The lowest BCUT2D eigenvalue weighted by Crippen LogP contribution is -1.99. The first-order chi connectivity index (χ1) is 15.1. The topological polar surface area (TPSA) is 70.1 Å². The van der Waals surface area contributed by atoms with Gasteiger partial charge < -0.3 is 9.30 Å². The van der Waals surface area contributed by atoms with Crippen molar-refractivity contribution < 1.29 is 9.13 Å². The van der Waals surface area contributed by atoms with Crippen molar-refractivity contribution in [2.24, 2.45) is 0 Å². The van der Waals surface area contributed by atoms with Crippen LogP contribution in [0.1, 0.15) is 17.1 Å². The summed E-state index contributed by atoms with van der Waals surface area (Å²) < 4.78 is 22.5. The van der Waals surface area contributed by atoms with Crippen molar-refractivity contribution in [3.63, 3.8) is 0 Å². The van der Waals surface area contributed by atoms with Crippen LogP contribution in [0.25, 0.3) is 22.7 Å². The van der Waals surface area contributed by atoms with E-state index in [0.717, 1.165) is 28.3 Å². The van der Waals surface area contributed by atoms with Gasteiger partial charge in [0.2, 0.25) is 0 Å². The minimum absolute atomic E-state index is 0.293. The van der Waals surface area contributed by atoms with Crippen molar-refractivity contribution in [2.75, 3.05) is 7.11 Å². The summed E-state index contributed by atoms with van der Waals surface area (Å²) in [4.78, 5) is 13.3. The molecule has 0 radical (unpaired) electrons. The Morgan fingerprint density at radius 3 is 2.61 bits per heavy atom. The number of methoxy groups -OCH3 is 1. The van der Waals surface area contributed by atoms with Crippen LogP contribution in [0.5, 0.6) is 5.75 Å². The fourth-order valence-corrected chi connectivity index (χ4v) is 3.51. The van der Waals surface area contributed by atoms with E-state index in [1.54, 1.807) is 42.3 Å². The van der Waals surface area contributed by atoms with Gasteiger partial charge in [0.25, 0.3) is 0 Å². The summed E-state index contributed by atoms with van der Waals surface area (Å²) in [5, 5.41) is 4.64. The summed E-state index contributed by atoms with van der Waals surface area (Å²) in [6.45, 7) is 1.95. The van der Waals surface area contributed by atoms with Gasteiger partial charge in [-0.25, -0.2) is 19.3 Å². The standard InChI is InChI=1S/C23H19FN6O/c1-15-13-29(14-26-15)19-8-3-16(11-20(19)31-2)12-21-27-22-9-10-25-23(30(22)28-21)17-4-6-18(24)7-5-17/h3-11,13-14H,12H2,1-2H3. The number of benzene rings is 2. The Hall–Kier alpha value is -4.07. The number of hydrogen-bond donors (Lipinski definition) is 0. The van der Waals surface area contributed by atoms with E-state index < -0.39 is 0 Å². The Bertz CT molecular complexity index is 1370. The number of imidazole rings is 1. The Balaban J connectivity index is 1.48. The van der Waals surface area contributed by atoms with E-state index in [4.69, 9.17) is 4.74 Å².